The first kappa shape index (κ1) is 37.3. The van der Waals surface area contributed by atoms with Crippen LogP contribution in [-0.2, 0) is 30.3 Å². The minimum absolute atomic E-state index is 0.0793. The number of cyclic esters (lactones) is 1. The number of allylic oxidation sites excluding steroid dienone is 2. The molecule has 4 N–H and O–H groups in total. The largest absolute Gasteiger partial charge is 0.462 e. The molecule has 3 amide bonds. The van der Waals surface area contributed by atoms with Crippen molar-refractivity contribution in [3.8, 4) is 11.1 Å². The molecule has 4 unspecified atom stereocenters. The number of carbonyl (C=O) groups excluding carboxylic acids is 4. The Hall–Kier alpha value is -4.96. The lowest BCUT2D eigenvalue weighted by molar-refractivity contribution is -0.148. The molecule has 0 saturated carbocycles. The molecule has 10 heteroatoms. The maximum Gasteiger partial charge on any atom is 0.407 e. The van der Waals surface area contributed by atoms with E-state index in [0.717, 1.165) is 27.8 Å². The molecule has 3 aromatic carbocycles. The molecule has 0 bridgehead atoms. The van der Waals surface area contributed by atoms with Crippen molar-refractivity contribution >= 4 is 23.9 Å². The number of ether oxygens (including phenoxy) is 2. The Labute approximate surface area is 300 Å². The number of aliphatic hydroxyl groups excluding tert-OH is 1. The van der Waals surface area contributed by atoms with Gasteiger partial charge in [0.25, 0.3) is 0 Å². The molecule has 1 aliphatic carbocycles. The Morgan fingerprint density at radius 3 is 2.24 bits per heavy atom. The third-order valence-corrected chi connectivity index (χ3v) is 9.60. The molecular weight excluding hydrogens is 646 g/mol. The van der Waals surface area contributed by atoms with Crippen molar-refractivity contribution in [1.82, 2.24) is 16.0 Å². The zero-order valence-corrected chi connectivity index (χ0v) is 29.6. The standard InChI is InChI=1S/C41H49N3O7/c1-41(2,3)36-26-50-39(48)35(43-40(49)51-25-34-32-19-12-10-17-30(32)31-18-11-13-20-33(31)34)21-9-5-8-16-28(38(47)44-36)23-37(46)42-29(24-45)22-27-14-6-4-7-15-27/h4-8,10-15,17-20,28-29,34-36,45H,9,16,21-26H2,1-3H3,(H,42,46)(H,43,49)(H,44,47). The molecule has 270 valence electrons. The summed E-state index contributed by atoms with van der Waals surface area (Å²) >= 11 is 0. The number of esters is 1. The molecule has 4 atom stereocenters. The number of amides is 3. The SMILES string of the molecule is CC(C)(C)C1COC(=O)C(NC(=O)OCC2c3ccccc3-c3ccccc32)CCC=CCC(CC(=O)NC(CO)Cc2ccccc2)C(=O)N1. The van der Waals surface area contributed by atoms with E-state index in [9.17, 15) is 24.3 Å². The number of carbonyl (C=O) groups is 4. The summed E-state index contributed by atoms with van der Waals surface area (Å²) in [6.45, 7) is 5.53. The second kappa shape index (κ2) is 17.3. The fourth-order valence-electron chi connectivity index (χ4n) is 6.59. The lowest BCUT2D eigenvalue weighted by Crippen LogP contribution is -2.51. The van der Waals surface area contributed by atoms with Crippen molar-refractivity contribution in [3.05, 3.63) is 108 Å². The van der Waals surface area contributed by atoms with Crippen LogP contribution < -0.4 is 16.0 Å². The highest BCUT2D eigenvalue weighted by Crippen LogP contribution is 2.44. The number of hydrogen-bond acceptors (Lipinski definition) is 7. The van der Waals surface area contributed by atoms with E-state index in [1.165, 1.54) is 0 Å². The Balaban J connectivity index is 1.22. The molecule has 5 rings (SSSR count). The fraction of sp³-hybridized carbons (Fsp3) is 0.415. The number of benzene rings is 3. The summed E-state index contributed by atoms with van der Waals surface area (Å²) in [5, 5.41) is 18.5. The van der Waals surface area contributed by atoms with Crippen LogP contribution in [0.5, 0.6) is 0 Å². The number of aliphatic hydroxyl groups is 1. The molecule has 1 heterocycles. The minimum Gasteiger partial charge on any atom is -0.462 e. The van der Waals surface area contributed by atoms with Gasteiger partial charge in [-0.15, -0.1) is 0 Å². The highest BCUT2D eigenvalue weighted by Gasteiger charge is 2.34. The molecule has 10 nitrogen and oxygen atoms in total. The summed E-state index contributed by atoms with van der Waals surface area (Å²) in [6.07, 6.45) is 4.28. The van der Waals surface area contributed by atoms with E-state index in [1.54, 1.807) is 0 Å². The van der Waals surface area contributed by atoms with E-state index in [2.05, 4.69) is 28.1 Å². The van der Waals surface area contributed by atoms with Gasteiger partial charge < -0.3 is 30.5 Å². The number of rotatable bonds is 9. The van der Waals surface area contributed by atoms with Crippen LogP contribution in [0.4, 0.5) is 4.79 Å². The van der Waals surface area contributed by atoms with Gasteiger partial charge in [0.15, 0.2) is 0 Å². The van der Waals surface area contributed by atoms with Crippen molar-refractivity contribution in [1.29, 1.82) is 0 Å². The summed E-state index contributed by atoms with van der Waals surface area (Å²) in [5.41, 5.74) is 4.90. The summed E-state index contributed by atoms with van der Waals surface area (Å²) < 4.78 is 11.4. The zero-order valence-electron chi connectivity index (χ0n) is 29.6. The number of nitrogens with one attached hydrogen (secondary N) is 3. The minimum atomic E-state index is -0.969. The average Bonchev–Trinajstić information content (AvgIpc) is 3.44. The third kappa shape index (κ3) is 10.1. The smallest absolute Gasteiger partial charge is 0.407 e. The van der Waals surface area contributed by atoms with Crippen LogP contribution in [0.2, 0.25) is 0 Å². The summed E-state index contributed by atoms with van der Waals surface area (Å²) in [6, 6.07) is 23.7. The number of hydrogen-bond donors (Lipinski definition) is 4. The Kier molecular flexibility index (Phi) is 12.7. The monoisotopic (exact) mass is 695 g/mol. The molecule has 51 heavy (non-hydrogen) atoms. The van der Waals surface area contributed by atoms with Crippen molar-refractivity contribution in [2.45, 2.75) is 76.9 Å². The topological polar surface area (TPSA) is 143 Å². The van der Waals surface area contributed by atoms with Crippen molar-refractivity contribution < 1.29 is 33.8 Å². The number of fused-ring (bicyclic) bond motifs is 3. The van der Waals surface area contributed by atoms with Crippen LogP contribution in [0, 0.1) is 11.3 Å². The summed E-state index contributed by atoms with van der Waals surface area (Å²) in [5.74, 6) is -2.10. The molecule has 0 fully saturated rings. The van der Waals surface area contributed by atoms with Crippen molar-refractivity contribution in [2.24, 2.45) is 11.3 Å². The molecular formula is C41H49N3O7. The molecule has 2 aliphatic rings. The number of alkyl carbamates (subject to hydrolysis) is 1. The maximum atomic E-state index is 13.6. The molecule has 3 aromatic rings. The van der Waals surface area contributed by atoms with E-state index in [1.807, 2.05) is 99.7 Å². The normalized spacial score (nSPS) is 20.3. The summed E-state index contributed by atoms with van der Waals surface area (Å²) in [4.78, 5) is 53.2. The van der Waals surface area contributed by atoms with Crippen LogP contribution in [0.25, 0.3) is 11.1 Å². The Morgan fingerprint density at radius 1 is 0.941 bits per heavy atom. The van der Waals surface area contributed by atoms with E-state index >= 15 is 0 Å². The molecule has 0 spiro atoms. The zero-order chi connectivity index (χ0) is 36.4. The van der Waals surface area contributed by atoms with Gasteiger partial charge in [0.2, 0.25) is 11.8 Å². The lowest BCUT2D eigenvalue weighted by atomic mass is 9.86. The van der Waals surface area contributed by atoms with Crippen molar-refractivity contribution in [2.75, 3.05) is 19.8 Å². The van der Waals surface area contributed by atoms with Gasteiger partial charge in [0, 0.05) is 12.3 Å². The molecule has 0 saturated heterocycles. The maximum absolute atomic E-state index is 13.6. The van der Waals surface area contributed by atoms with Gasteiger partial charge in [-0.25, -0.2) is 9.59 Å². The first-order valence-electron chi connectivity index (χ1n) is 17.7. The van der Waals surface area contributed by atoms with Crippen LogP contribution in [-0.4, -0.2) is 66.9 Å². The van der Waals surface area contributed by atoms with Gasteiger partial charge in [-0.05, 0) is 58.9 Å². The predicted molar refractivity (Wildman–Crippen MR) is 195 cm³/mol. The first-order chi connectivity index (χ1) is 24.5. The van der Waals surface area contributed by atoms with Gasteiger partial charge >= 0.3 is 12.1 Å². The lowest BCUT2D eigenvalue weighted by Gasteiger charge is -2.32. The van der Waals surface area contributed by atoms with Gasteiger partial charge in [0.05, 0.1) is 24.6 Å². The predicted octanol–water partition coefficient (Wildman–Crippen LogP) is 5.43. The highest BCUT2D eigenvalue weighted by atomic mass is 16.6. The summed E-state index contributed by atoms with van der Waals surface area (Å²) in [7, 11) is 0. The van der Waals surface area contributed by atoms with E-state index < -0.39 is 41.5 Å². The van der Waals surface area contributed by atoms with Gasteiger partial charge in [-0.2, -0.15) is 0 Å². The average molecular weight is 696 g/mol. The van der Waals surface area contributed by atoms with E-state index in [4.69, 9.17) is 9.47 Å². The highest BCUT2D eigenvalue weighted by molar-refractivity contribution is 5.86. The molecule has 0 radical (unpaired) electrons. The van der Waals surface area contributed by atoms with Gasteiger partial charge in [-0.1, -0.05) is 112 Å². The Bertz CT molecular complexity index is 1660. The quantitative estimate of drug-likeness (QED) is 0.173. The second-order valence-corrected chi connectivity index (χ2v) is 14.4. The van der Waals surface area contributed by atoms with Gasteiger partial charge in [0.1, 0.15) is 19.3 Å². The van der Waals surface area contributed by atoms with Gasteiger partial charge in [-0.3, -0.25) is 9.59 Å². The van der Waals surface area contributed by atoms with Crippen molar-refractivity contribution in [3.63, 3.8) is 0 Å². The molecule has 1 aliphatic heterocycles. The Morgan fingerprint density at radius 2 is 1.59 bits per heavy atom. The second-order valence-electron chi connectivity index (χ2n) is 14.4. The van der Waals surface area contributed by atoms with E-state index in [-0.39, 0.29) is 56.8 Å². The third-order valence-electron chi connectivity index (χ3n) is 9.60. The first-order valence-corrected chi connectivity index (χ1v) is 17.7. The van der Waals surface area contributed by atoms with Crippen LogP contribution in [0.3, 0.4) is 0 Å². The van der Waals surface area contributed by atoms with Crippen LogP contribution >= 0.6 is 0 Å². The van der Waals surface area contributed by atoms with Crippen LogP contribution in [0.1, 0.15) is 69.1 Å². The fourth-order valence-corrected chi connectivity index (χ4v) is 6.59. The van der Waals surface area contributed by atoms with Crippen LogP contribution in [0.15, 0.2) is 91.0 Å². The van der Waals surface area contributed by atoms with E-state index in [0.29, 0.717) is 12.8 Å². The molecule has 0 aromatic heterocycles.